The molecular formula is C15H19N3O3. The van der Waals surface area contributed by atoms with Crippen molar-refractivity contribution in [3.63, 3.8) is 0 Å². The fourth-order valence-corrected chi connectivity index (χ4v) is 3.08. The molecule has 0 bridgehead atoms. The summed E-state index contributed by atoms with van der Waals surface area (Å²) >= 11 is 0. The molecule has 1 aliphatic carbocycles. The maximum atomic E-state index is 10.8. The average Bonchev–Trinajstić information content (AvgIpc) is 2.78. The molecular weight excluding hydrogens is 270 g/mol. The van der Waals surface area contributed by atoms with Gasteiger partial charge in [0.05, 0.1) is 11.0 Å². The van der Waals surface area contributed by atoms with E-state index in [4.69, 9.17) is 4.42 Å². The predicted molar refractivity (Wildman–Crippen MR) is 80.3 cm³/mol. The number of hydrogen-bond donors (Lipinski definition) is 1. The zero-order valence-corrected chi connectivity index (χ0v) is 12.3. The smallest absolute Gasteiger partial charge is 0.295 e. The van der Waals surface area contributed by atoms with Gasteiger partial charge in [-0.15, -0.1) is 0 Å². The number of nitrogens with one attached hydrogen (secondary N) is 1. The maximum absolute atomic E-state index is 10.8. The van der Waals surface area contributed by atoms with E-state index in [1.807, 2.05) is 0 Å². The lowest BCUT2D eigenvalue weighted by molar-refractivity contribution is -0.384. The lowest BCUT2D eigenvalue weighted by Crippen LogP contribution is -2.31. The van der Waals surface area contributed by atoms with E-state index < -0.39 is 4.92 Å². The molecule has 1 aromatic carbocycles. The zero-order chi connectivity index (χ0) is 15.0. The summed E-state index contributed by atoms with van der Waals surface area (Å²) in [7, 11) is 0. The standard InChI is InChI=1S/C15H19N3O3/c1-15(2)7-3-4-10(9-15)16-14-17-12-6-5-11(18(19)20)8-13(12)21-14/h5-6,8,10H,3-4,7,9H2,1-2H3,(H,16,17). The van der Waals surface area contributed by atoms with Crippen LogP contribution in [-0.4, -0.2) is 15.9 Å². The first-order valence-electron chi connectivity index (χ1n) is 7.24. The number of benzene rings is 1. The van der Waals surface area contributed by atoms with Gasteiger partial charge in [-0.2, -0.15) is 4.98 Å². The minimum absolute atomic E-state index is 0.0176. The van der Waals surface area contributed by atoms with Crippen molar-refractivity contribution >= 4 is 22.8 Å². The molecule has 0 amide bonds. The minimum atomic E-state index is -0.432. The second kappa shape index (κ2) is 5.02. The maximum Gasteiger partial charge on any atom is 0.295 e. The van der Waals surface area contributed by atoms with Crippen molar-refractivity contribution in [3.8, 4) is 0 Å². The Morgan fingerprint density at radius 3 is 3.00 bits per heavy atom. The number of non-ortho nitro benzene ring substituents is 1. The summed E-state index contributed by atoms with van der Waals surface area (Å²) in [5.41, 5.74) is 1.43. The molecule has 0 aliphatic heterocycles. The predicted octanol–water partition coefficient (Wildman–Crippen LogP) is 4.12. The van der Waals surface area contributed by atoms with Crippen LogP contribution in [0.4, 0.5) is 11.7 Å². The summed E-state index contributed by atoms with van der Waals surface area (Å²) in [5, 5.41) is 14.1. The molecule has 1 N–H and O–H groups in total. The van der Waals surface area contributed by atoms with Crippen LogP contribution in [0.2, 0.25) is 0 Å². The SMILES string of the molecule is CC1(C)CCCC(Nc2nc3ccc([N+](=O)[O-])cc3o2)C1. The number of fused-ring (bicyclic) bond motifs is 1. The van der Waals surface area contributed by atoms with Gasteiger partial charge in [-0.1, -0.05) is 20.3 Å². The largest absolute Gasteiger partial charge is 0.423 e. The van der Waals surface area contributed by atoms with Crippen LogP contribution in [-0.2, 0) is 0 Å². The van der Waals surface area contributed by atoms with Crippen LogP contribution in [0, 0.1) is 15.5 Å². The summed E-state index contributed by atoms with van der Waals surface area (Å²) in [5.74, 6) is 0. The molecule has 1 saturated carbocycles. The Hall–Kier alpha value is -2.11. The van der Waals surface area contributed by atoms with Crippen LogP contribution in [0.25, 0.3) is 11.1 Å². The molecule has 112 valence electrons. The number of nitro benzene ring substituents is 1. The van der Waals surface area contributed by atoms with Gasteiger partial charge in [-0.05, 0) is 30.7 Å². The van der Waals surface area contributed by atoms with Crippen LogP contribution in [0.1, 0.15) is 39.5 Å². The Balaban J connectivity index is 1.80. The first-order chi connectivity index (χ1) is 9.93. The molecule has 1 fully saturated rings. The Morgan fingerprint density at radius 1 is 1.48 bits per heavy atom. The van der Waals surface area contributed by atoms with Gasteiger partial charge in [0.1, 0.15) is 5.52 Å². The van der Waals surface area contributed by atoms with Gasteiger partial charge in [0, 0.05) is 12.1 Å². The highest BCUT2D eigenvalue weighted by atomic mass is 16.6. The number of hydrogen-bond acceptors (Lipinski definition) is 5. The topological polar surface area (TPSA) is 81.2 Å². The van der Waals surface area contributed by atoms with Gasteiger partial charge in [0.15, 0.2) is 5.58 Å². The molecule has 1 aliphatic rings. The van der Waals surface area contributed by atoms with Crippen molar-refractivity contribution in [2.24, 2.45) is 5.41 Å². The Bertz CT molecular complexity index is 678. The summed E-state index contributed by atoms with van der Waals surface area (Å²) in [4.78, 5) is 14.7. The molecule has 0 spiro atoms. The van der Waals surface area contributed by atoms with E-state index in [2.05, 4.69) is 24.1 Å². The van der Waals surface area contributed by atoms with Crippen LogP contribution in [0.5, 0.6) is 0 Å². The number of anilines is 1. The van der Waals surface area contributed by atoms with Gasteiger partial charge in [0.2, 0.25) is 0 Å². The van der Waals surface area contributed by atoms with E-state index >= 15 is 0 Å². The first-order valence-corrected chi connectivity index (χ1v) is 7.24. The number of rotatable bonds is 3. The molecule has 1 unspecified atom stereocenters. The molecule has 3 rings (SSSR count). The van der Waals surface area contributed by atoms with Gasteiger partial charge in [-0.3, -0.25) is 10.1 Å². The number of nitro groups is 1. The van der Waals surface area contributed by atoms with E-state index in [1.54, 1.807) is 6.07 Å². The number of oxazole rings is 1. The third kappa shape index (κ3) is 2.99. The lowest BCUT2D eigenvalue weighted by atomic mass is 9.75. The van der Waals surface area contributed by atoms with Crippen LogP contribution in [0.3, 0.4) is 0 Å². The summed E-state index contributed by atoms with van der Waals surface area (Å²) in [6.07, 6.45) is 4.61. The molecule has 0 saturated heterocycles. The average molecular weight is 289 g/mol. The summed E-state index contributed by atoms with van der Waals surface area (Å²) in [6, 6.07) is 5.27. The quantitative estimate of drug-likeness (QED) is 0.679. The van der Waals surface area contributed by atoms with Gasteiger partial charge in [-0.25, -0.2) is 0 Å². The highest BCUT2D eigenvalue weighted by molar-refractivity contribution is 5.77. The summed E-state index contributed by atoms with van der Waals surface area (Å²) < 4.78 is 5.60. The minimum Gasteiger partial charge on any atom is -0.423 e. The normalized spacial score (nSPS) is 21.3. The van der Waals surface area contributed by atoms with E-state index in [0.29, 0.717) is 28.6 Å². The van der Waals surface area contributed by atoms with E-state index in [1.165, 1.54) is 25.0 Å². The second-order valence-corrected chi connectivity index (χ2v) is 6.53. The Kier molecular flexibility index (Phi) is 3.31. The van der Waals surface area contributed by atoms with Crippen molar-refractivity contribution in [2.75, 3.05) is 5.32 Å². The van der Waals surface area contributed by atoms with Crippen molar-refractivity contribution in [1.29, 1.82) is 0 Å². The molecule has 21 heavy (non-hydrogen) atoms. The van der Waals surface area contributed by atoms with E-state index in [-0.39, 0.29) is 5.69 Å². The van der Waals surface area contributed by atoms with Crippen LogP contribution < -0.4 is 5.32 Å². The third-order valence-corrected chi connectivity index (χ3v) is 4.12. The van der Waals surface area contributed by atoms with Gasteiger partial charge >= 0.3 is 0 Å². The third-order valence-electron chi connectivity index (χ3n) is 4.12. The van der Waals surface area contributed by atoms with Crippen LogP contribution in [0.15, 0.2) is 22.6 Å². The molecule has 1 aromatic heterocycles. The molecule has 2 aromatic rings. The highest BCUT2D eigenvalue weighted by Gasteiger charge is 2.28. The fraction of sp³-hybridized carbons (Fsp3) is 0.533. The monoisotopic (exact) mass is 289 g/mol. The van der Waals surface area contributed by atoms with Crippen molar-refractivity contribution in [1.82, 2.24) is 4.98 Å². The highest BCUT2D eigenvalue weighted by Crippen LogP contribution is 2.36. The molecule has 1 atom stereocenters. The van der Waals surface area contributed by atoms with E-state index in [9.17, 15) is 10.1 Å². The van der Waals surface area contributed by atoms with Gasteiger partial charge in [0.25, 0.3) is 11.7 Å². The Labute approximate surface area is 122 Å². The zero-order valence-electron chi connectivity index (χ0n) is 12.3. The lowest BCUT2D eigenvalue weighted by Gasteiger charge is -2.35. The number of nitrogens with zero attached hydrogens (tertiary/aromatic N) is 2. The van der Waals surface area contributed by atoms with Crippen LogP contribution >= 0.6 is 0 Å². The number of aromatic nitrogens is 1. The van der Waals surface area contributed by atoms with Gasteiger partial charge < -0.3 is 9.73 Å². The molecule has 6 heteroatoms. The second-order valence-electron chi connectivity index (χ2n) is 6.53. The van der Waals surface area contributed by atoms with Crippen molar-refractivity contribution in [2.45, 2.75) is 45.6 Å². The first kappa shape index (κ1) is 13.9. The Morgan fingerprint density at radius 2 is 2.29 bits per heavy atom. The van der Waals surface area contributed by atoms with Crippen molar-refractivity contribution < 1.29 is 9.34 Å². The molecule has 0 radical (unpaired) electrons. The fourth-order valence-electron chi connectivity index (χ4n) is 3.08. The van der Waals surface area contributed by atoms with E-state index in [0.717, 1.165) is 12.8 Å². The summed E-state index contributed by atoms with van der Waals surface area (Å²) in [6.45, 7) is 4.55. The molecule has 1 heterocycles. The molecule has 6 nitrogen and oxygen atoms in total. The van der Waals surface area contributed by atoms with Crippen molar-refractivity contribution in [3.05, 3.63) is 28.3 Å².